The zero-order chi connectivity index (χ0) is 16.0. The lowest BCUT2D eigenvalue weighted by Crippen LogP contribution is -2.18. The van der Waals surface area contributed by atoms with E-state index in [0.29, 0.717) is 0 Å². The first-order chi connectivity index (χ1) is 9.75. The van der Waals surface area contributed by atoms with E-state index in [0.717, 1.165) is 24.3 Å². The van der Waals surface area contributed by atoms with Gasteiger partial charge >= 0.3 is 12.1 Å². The van der Waals surface area contributed by atoms with E-state index in [2.05, 4.69) is 15.0 Å². The molecule has 0 heterocycles. The van der Waals surface area contributed by atoms with Crippen molar-refractivity contribution in [1.29, 1.82) is 0 Å². The highest BCUT2D eigenvalue weighted by molar-refractivity contribution is 5.88. The van der Waals surface area contributed by atoms with Gasteiger partial charge in [0.2, 0.25) is 11.5 Å². The third-order valence-electron chi connectivity index (χ3n) is 2.05. The van der Waals surface area contributed by atoms with Crippen LogP contribution in [-0.4, -0.2) is 23.9 Å². The molecule has 0 atom stereocenters. The highest BCUT2D eigenvalue weighted by atomic mass is 19.4. The van der Waals surface area contributed by atoms with Crippen LogP contribution in [0.5, 0.6) is 0 Å². The Morgan fingerprint density at radius 2 is 1.86 bits per heavy atom. The summed E-state index contributed by atoms with van der Waals surface area (Å²) in [5.41, 5.74) is -1.39. The Balaban J connectivity index is 3.14. The summed E-state index contributed by atoms with van der Waals surface area (Å²) in [6, 6.07) is 4.27. The van der Waals surface area contributed by atoms with E-state index in [1.54, 1.807) is 0 Å². The number of carbonyl (C=O) groups excluding carboxylic acids is 1. The molecule has 0 aliphatic rings. The van der Waals surface area contributed by atoms with Gasteiger partial charge in [0.25, 0.3) is 0 Å². The summed E-state index contributed by atoms with van der Waals surface area (Å²) in [7, 11) is 0. The van der Waals surface area contributed by atoms with Gasteiger partial charge in [-0.2, -0.15) is 18.3 Å². The van der Waals surface area contributed by atoms with Crippen molar-refractivity contribution in [2.75, 3.05) is 6.61 Å². The number of nitrogens with zero attached hydrogens (tertiary/aromatic N) is 2. The quantitative estimate of drug-likeness (QED) is 0.302. The first kappa shape index (κ1) is 16.6. The van der Waals surface area contributed by atoms with Gasteiger partial charge in [-0.05, 0) is 31.2 Å². The molecule has 0 saturated heterocycles. The van der Waals surface area contributed by atoms with Crippen LogP contribution in [0.3, 0.4) is 0 Å². The van der Waals surface area contributed by atoms with Crippen molar-refractivity contribution in [3.63, 3.8) is 0 Å². The van der Waals surface area contributed by atoms with E-state index < -0.39 is 29.4 Å². The third-order valence-corrected chi connectivity index (χ3v) is 2.05. The minimum atomic E-state index is -5.18. The summed E-state index contributed by atoms with van der Waals surface area (Å²) >= 11 is 0. The van der Waals surface area contributed by atoms with Gasteiger partial charge in [0.15, 0.2) is 0 Å². The first-order valence-electron chi connectivity index (χ1n) is 5.60. The maximum atomic E-state index is 12.7. The number of azo groups is 1. The normalized spacial score (nSPS) is 13.2. The lowest BCUT2D eigenvalue weighted by molar-refractivity contribution is -0.143. The highest BCUT2D eigenvalue weighted by Crippen LogP contribution is 2.28. The second kappa shape index (κ2) is 6.82. The molecule has 5 nitrogen and oxygen atoms in total. The van der Waals surface area contributed by atoms with Gasteiger partial charge in [0.1, 0.15) is 5.82 Å². The Bertz CT molecular complexity index is 565. The number of aliphatic hydroxyl groups is 1. The molecule has 0 spiro atoms. The molecular formula is C12H10F4N2O3. The van der Waals surface area contributed by atoms with Gasteiger partial charge in [0.05, 0.1) is 12.3 Å². The summed E-state index contributed by atoms with van der Waals surface area (Å²) in [6.07, 6.45) is -5.18. The summed E-state index contributed by atoms with van der Waals surface area (Å²) in [6.45, 7) is 1.16. The molecule has 0 bridgehead atoms. The topological polar surface area (TPSA) is 71.2 Å². The van der Waals surface area contributed by atoms with Gasteiger partial charge in [-0.25, -0.2) is 9.18 Å². The molecule has 0 fully saturated rings. The van der Waals surface area contributed by atoms with Crippen molar-refractivity contribution < 1.29 is 32.2 Å². The zero-order valence-electron chi connectivity index (χ0n) is 10.7. The number of carbonyl (C=O) groups is 1. The second-order valence-corrected chi connectivity index (χ2v) is 3.59. The van der Waals surface area contributed by atoms with Crippen molar-refractivity contribution in [2.45, 2.75) is 13.1 Å². The van der Waals surface area contributed by atoms with Gasteiger partial charge in [-0.3, -0.25) is 0 Å². The minimum absolute atomic E-state index is 0.00632. The van der Waals surface area contributed by atoms with E-state index in [4.69, 9.17) is 5.11 Å². The number of benzene rings is 1. The molecule has 0 aliphatic heterocycles. The Hall–Kier alpha value is -2.45. The zero-order valence-corrected chi connectivity index (χ0v) is 10.7. The second-order valence-electron chi connectivity index (χ2n) is 3.59. The number of allylic oxidation sites excluding steroid dienone is 1. The predicted octanol–water partition coefficient (Wildman–Crippen LogP) is 3.80. The monoisotopic (exact) mass is 306 g/mol. The van der Waals surface area contributed by atoms with Crippen LogP contribution in [0.25, 0.3) is 0 Å². The number of alkyl halides is 3. The van der Waals surface area contributed by atoms with E-state index in [-0.39, 0.29) is 12.3 Å². The number of halogens is 4. The smallest absolute Gasteiger partial charge is 0.451 e. The maximum absolute atomic E-state index is 12.7. The Morgan fingerprint density at radius 3 is 2.33 bits per heavy atom. The summed E-state index contributed by atoms with van der Waals surface area (Å²) in [5, 5.41) is 15.4. The van der Waals surface area contributed by atoms with Crippen molar-refractivity contribution in [1.82, 2.24) is 0 Å². The number of hydrogen-bond donors (Lipinski definition) is 1. The lowest BCUT2D eigenvalue weighted by atomic mass is 10.3. The first-order valence-corrected chi connectivity index (χ1v) is 5.60. The van der Waals surface area contributed by atoms with Gasteiger partial charge in [-0.15, -0.1) is 5.11 Å². The van der Waals surface area contributed by atoms with Crippen LogP contribution in [0.15, 0.2) is 46.0 Å². The fourth-order valence-corrected chi connectivity index (χ4v) is 1.13. The van der Waals surface area contributed by atoms with Crippen LogP contribution in [0.1, 0.15) is 6.92 Å². The van der Waals surface area contributed by atoms with Crippen molar-refractivity contribution in [2.24, 2.45) is 10.2 Å². The molecule has 0 aromatic heterocycles. The molecule has 1 rings (SSSR count). The van der Waals surface area contributed by atoms with Crippen LogP contribution in [0.2, 0.25) is 0 Å². The molecule has 0 radical (unpaired) electrons. The molecule has 0 amide bonds. The number of aliphatic hydroxyl groups excluding tert-OH is 1. The van der Waals surface area contributed by atoms with Crippen molar-refractivity contribution in [3.05, 3.63) is 41.5 Å². The summed E-state index contributed by atoms with van der Waals surface area (Å²) in [5.74, 6) is -4.27. The molecule has 9 heteroatoms. The fourth-order valence-electron chi connectivity index (χ4n) is 1.13. The largest absolute Gasteiger partial charge is 0.502 e. The molecular weight excluding hydrogens is 296 g/mol. The number of ether oxygens (including phenoxy) is 1. The molecule has 1 aromatic rings. The van der Waals surface area contributed by atoms with Gasteiger partial charge in [-0.1, -0.05) is 0 Å². The molecule has 0 aliphatic carbocycles. The SMILES string of the molecule is CCOC(=O)/C(N=Nc1ccc(F)cc1)=C(\O)C(F)(F)F. The average molecular weight is 306 g/mol. The maximum Gasteiger partial charge on any atom is 0.451 e. The van der Waals surface area contributed by atoms with Gasteiger partial charge in [0, 0.05) is 0 Å². The molecule has 0 unspecified atom stereocenters. The van der Waals surface area contributed by atoms with E-state index >= 15 is 0 Å². The van der Waals surface area contributed by atoms with Crippen LogP contribution < -0.4 is 0 Å². The predicted molar refractivity (Wildman–Crippen MR) is 63.3 cm³/mol. The van der Waals surface area contributed by atoms with Gasteiger partial charge < -0.3 is 9.84 Å². The van der Waals surface area contributed by atoms with Crippen LogP contribution in [-0.2, 0) is 9.53 Å². The number of esters is 1. The Labute approximate surface area is 116 Å². The Morgan fingerprint density at radius 1 is 1.29 bits per heavy atom. The number of rotatable bonds is 4. The minimum Gasteiger partial charge on any atom is -0.502 e. The average Bonchev–Trinajstić information content (AvgIpc) is 2.40. The third kappa shape index (κ3) is 4.86. The number of hydrogen-bond acceptors (Lipinski definition) is 5. The van der Waals surface area contributed by atoms with Crippen molar-refractivity contribution >= 4 is 11.7 Å². The van der Waals surface area contributed by atoms with E-state index in [9.17, 15) is 22.4 Å². The molecule has 1 aromatic carbocycles. The van der Waals surface area contributed by atoms with Crippen molar-refractivity contribution in [3.8, 4) is 0 Å². The van der Waals surface area contributed by atoms with E-state index in [1.807, 2.05) is 0 Å². The summed E-state index contributed by atoms with van der Waals surface area (Å²) < 4.78 is 54.2. The van der Waals surface area contributed by atoms with Crippen LogP contribution >= 0.6 is 0 Å². The lowest BCUT2D eigenvalue weighted by Gasteiger charge is -2.08. The molecule has 114 valence electrons. The Kier molecular flexibility index (Phi) is 5.39. The molecule has 1 N–H and O–H groups in total. The molecule has 0 saturated carbocycles. The molecule has 21 heavy (non-hydrogen) atoms. The van der Waals surface area contributed by atoms with Crippen LogP contribution in [0.4, 0.5) is 23.2 Å². The van der Waals surface area contributed by atoms with Crippen LogP contribution in [0, 0.1) is 5.82 Å². The standard InChI is InChI=1S/C12H10F4N2O3/c1-2-21-11(20)9(10(19)12(14,15)16)18-17-8-5-3-7(13)4-6-8/h3-6,19H,2H2,1H3/b10-9+,18-17?. The fraction of sp³-hybridized carbons (Fsp3) is 0.250. The highest BCUT2D eigenvalue weighted by Gasteiger charge is 2.39. The summed E-state index contributed by atoms with van der Waals surface area (Å²) in [4.78, 5) is 11.4. The van der Waals surface area contributed by atoms with E-state index in [1.165, 1.54) is 6.92 Å².